The minimum Gasteiger partial charge on any atom is -0.508 e. The van der Waals surface area contributed by atoms with Crippen molar-refractivity contribution >= 4 is 35.6 Å². The van der Waals surface area contributed by atoms with Crippen LogP contribution in [0, 0.1) is 0 Å². The molecular formula is C25H35N9O8. The number of carboxylic acids is 2. The summed E-state index contributed by atoms with van der Waals surface area (Å²) in [6.07, 6.45) is 1.90. The summed E-state index contributed by atoms with van der Waals surface area (Å²) >= 11 is 0. The number of aliphatic carboxylic acids is 2. The van der Waals surface area contributed by atoms with Gasteiger partial charge in [-0.05, 0) is 37.0 Å². The van der Waals surface area contributed by atoms with Crippen LogP contribution in [0.4, 0.5) is 0 Å². The number of H-pyrrole nitrogens is 1. The molecule has 0 aliphatic carbocycles. The van der Waals surface area contributed by atoms with Crippen molar-refractivity contribution in [2.45, 2.75) is 56.3 Å². The number of nitrogens with one attached hydrogen (secondary N) is 4. The third kappa shape index (κ3) is 11.5. The Morgan fingerprint density at radius 3 is 2.10 bits per heavy atom. The number of carbonyl (C=O) groups is 5. The number of carbonyl (C=O) groups excluding carboxylic acids is 3. The van der Waals surface area contributed by atoms with E-state index in [9.17, 15) is 39.3 Å². The Labute approximate surface area is 240 Å². The number of aromatic nitrogens is 2. The molecule has 0 saturated heterocycles. The van der Waals surface area contributed by atoms with Gasteiger partial charge < -0.3 is 53.5 Å². The molecule has 1 heterocycles. The average Bonchev–Trinajstić information content (AvgIpc) is 3.43. The second-order valence-electron chi connectivity index (χ2n) is 9.33. The molecular weight excluding hydrogens is 554 g/mol. The van der Waals surface area contributed by atoms with Crippen LogP contribution in [0.1, 0.15) is 30.5 Å². The molecule has 0 radical (unpaired) electrons. The zero-order valence-corrected chi connectivity index (χ0v) is 22.5. The highest BCUT2D eigenvalue weighted by Gasteiger charge is 2.31. The molecule has 42 heavy (non-hydrogen) atoms. The number of guanidine groups is 1. The summed E-state index contributed by atoms with van der Waals surface area (Å²) in [5.41, 5.74) is 17.7. The minimum atomic E-state index is -1.68. The lowest BCUT2D eigenvalue weighted by Gasteiger charge is -2.24. The standard InChI is InChI=1S/C25H35N9O8/c26-16(8-13-3-5-15(35)6-4-13)21(38)32-17(2-1-7-30-25(27)28)22(39)33-18(10-20(36)37)23(40)34-19(24(41)42)9-14-11-29-12-31-14/h3-6,11-12,16-19,35H,1-2,7-10,26H2,(H,29,31)(H,32,38)(H,33,39)(H,34,40)(H,36,37)(H,41,42)(H4,27,28,30). The van der Waals surface area contributed by atoms with Gasteiger partial charge in [-0.1, -0.05) is 12.1 Å². The average molecular weight is 590 g/mol. The van der Waals surface area contributed by atoms with Crippen LogP contribution in [0.3, 0.4) is 0 Å². The molecule has 2 rings (SSSR count). The third-order valence-corrected chi connectivity index (χ3v) is 5.91. The van der Waals surface area contributed by atoms with Gasteiger partial charge in [-0.3, -0.25) is 24.2 Å². The van der Waals surface area contributed by atoms with E-state index in [2.05, 4.69) is 30.9 Å². The topological polar surface area (TPSA) is 301 Å². The van der Waals surface area contributed by atoms with Crippen molar-refractivity contribution in [3.8, 4) is 5.75 Å². The number of benzene rings is 1. The van der Waals surface area contributed by atoms with Crippen LogP contribution in [-0.2, 0) is 36.8 Å². The van der Waals surface area contributed by atoms with Gasteiger partial charge in [-0.2, -0.15) is 0 Å². The number of imidazole rings is 1. The highest BCUT2D eigenvalue weighted by Crippen LogP contribution is 2.11. The van der Waals surface area contributed by atoms with E-state index in [1.165, 1.54) is 24.7 Å². The second-order valence-corrected chi connectivity index (χ2v) is 9.33. The summed E-state index contributed by atoms with van der Waals surface area (Å²) in [5, 5.41) is 35.3. The molecule has 0 aliphatic rings. The van der Waals surface area contributed by atoms with Gasteiger partial charge in [0.25, 0.3) is 0 Å². The summed E-state index contributed by atoms with van der Waals surface area (Å²) in [5.74, 6) is -5.68. The lowest BCUT2D eigenvalue weighted by atomic mass is 10.0. The van der Waals surface area contributed by atoms with Crippen LogP contribution >= 0.6 is 0 Å². The second kappa shape index (κ2) is 16.2. The number of hydrogen-bond acceptors (Lipinski definition) is 9. The first-order chi connectivity index (χ1) is 19.8. The van der Waals surface area contributed by atoms with Gasteiger partial charge in [-0.15, -0.1) is 0 Å². The van der Waals surface area contributed by atoms with Crippen molar-refractivity contribution in [2.75, 3.05) is 6.54 Å². The van der Waals surface area contributed by atoms with Crippen molar-refractivity contribution < 1.29 is 39.3 Å². The number of rotatable bonds is 17. The molecule has 1 aromatic carbocycles. The molecule has 0 fully saturated rings. The number of nitrogens with two attached hydrogens (primary N) is 3. The third-order valence-electron chi connectivity index (χ3n) is 5.91. The predicted octanol–water partition coefficient (Wildman–Crippen LogP) is -2.70. The van der Waals surface area contributed by atoms with Crippen molar-refractivity contribution in [1.82, 2.24) is 25.9 Å². The number of phenols is 1. The molecule has 1 aromatic heterocycles. The zero-order chi connectivity index (χ0) is 31.2. The maximum Gasteiger partial charge on any atom is 0.326 e. The molecule has 228 valence electrons. The molecule has 2 aromatic rings. The first kappa shape index (κ1) is 33.0. The number of hydrogen-bond donors (Lipinski definition) is 10. The number of aromatic amines is 1. The van der Waals surface area contributed by atoms with E-state index in [0.717, 1.165) is 0 Å². The maximum absolute atomic E-state index is 13.2. The number of aromatic hydroxyl groups is 1. The van der Waals surface area contributed by atoms with Crippen molar-refractivity contribution in [3.05, 3.63) is 48.0 Å². The van der Waals surface area contributed by atoms with Crippen LogP contribution in [0.5, 0.6) is 5.75 Å². The fraction of sp³-hybridized carbons (Fsp3) is 0.400. The van der Waals surface area contributed by atoms with Gasteiger partial charge >= 0.3 is 11.9 Å². The molecule has 0 saturated carbocycles. The molecule has 0 spiro atoms. The van der Waals surface area contributed by atoms with E-state index in [4.69, 9.17) is 17.2 Å². The number of carboxylic acid groups (broad SMARTS) is 2. The van der Waals surface area contributed by atoms with Gasteiger partial charge in [-0.25, -0.2) is 9.78 Å². The van der Waals surface area contributed by atoms with Gasteiger partial charge in [0, 0.05) is 24.9 Å². The summed E-state index contributed by atoms with van der Waals surface area (Å²) in [6.45, 7) is 0.106. The van der Waals surface area contributed by atoms with Crippen molar-refractivity contribution in [3.63, 3.8) is 0 Å². The smallest absolute Gasteiger partial charge is 0.326 e. The predicted molar refractivity (Wildman–Crippen MR) is 148 cm³/mol. The lowest BCUT2D eigenvalue weighted by molar-refractivity contribution is -0.143. The van der Waals surface area contributed by atoms with Gasteiger partial charge in [0.05, 0.1) is 18.8 Å². The number of phenolic OH excluding ortho intramolecular Hbond substituents is 1. The largest absolute Gasteiger partial charge is 0.508 e. The lowest BCUT2D eigenvalue weighted by Crippen LogP contribution is -2.57. The van der Waals surface area contributed by atoms with Gasteiger partial charge in [0.15, 0.2) is 5.96 Å². The molecule has 13 N–H and O–H groups in total. The Bertz CT molecular complexity index is 1250. The van der Waals surface area contributed by atoms with Crippen LogP contribution in [0.15, 0.2) is 41.8 Å². The fourth-order valence-electron chi connectivity index (χ4n) is 3.77. The van der Waals surface area contributed by atoms with E-state index in [1.54, 1.807) is 12.1 Å². The van der Waals surface area contributed by atoms with E-state index in [0.29, 0.717) is 11.3 Å². The summed E-state index contributed by atoms with van der Waals surface area (Å²) < 4.78 is 0. The van der Waals surface area contributed by atoms with Crippen LogP contribution in [-0.4, -0.2) is 91.6 Å². The van der Waals surface area contributed by atoms with Crippen LogP contribution in [0.25, 0.3) is 0 Å². The fourth-order valence-corrected chi connectivity index (χ4v) is 3.77. The minimum absolute atomic E-state index is 0.0146. The highest BCUT2D eigenvalue weighted by molar-refractivity contribution is 5.95. The number of nitrogens with zero attached hydrogens (tertiary/aromatic N) is 2. The summed E-state index contributed by atoms with van der Waals surface area (Å²) in [7, 11) is 0. The SMILES string of the molecule is NC(N)=NCCCC(NC(=O)C(N)Cc1ccc(O)cc1)C(=O)NC(CC(=O)O)C(=O)NC(Cc1cnc[nH]1)C(=O)O. The normalized spacial score (nSPS) is 13.5. The van der Waals surface area contributed by atoms with Gasteiger partial charge in [0.2, 0.25) is 17.7 Å². The Kier molecular flexibility index (Phi) is 12.7. The maximum atomic E-state index is 13.2. The zero-order valence-electron chi connectivity index (χ0n) is 22.5. The van der Waals surface area contributed by atoms with E-state index < -0.39 is 60.2 Å². The Morgan fingerprint density at radius 1 is 0.905 bits per heavy atom. The molecule has 17 heteroatoms. The highest BCUT2D eigenvalue weighted by atomic mass is 16.4. The first-order valence-electron chi connectivity index (χ1n) is 12.8. The van der Waals surface area contributed by atoms with Crippen LogP contribution in [0.2, 0.25) is 0 Å². The monoisotopic (exact) mass is 589 g/mol. The van der Waals surface area contributed by atoms with Crippen molar-refractivity contribution in [1.29, 1.82) is 0 Å². The van der Waals surface area contributed by atoms with Crippen molar-refractivity contribution in [2.24, 2.45) is 22.2 Å². The number of aliphatic imine (C=N–C) groups is 1. The number of amides is 3. The molecule has 4 atom stereocenters. The first-order valence-corrected chi connectivity index (χ1v) is 12.8. The van der Waals surface area contributed by atoms with E-state index in [-0.39, 0.29) is 43.9 Å². The summed E-state index contributed by atoms with van der Waals surface area (Å²) in [4.78, 5) is 72.5. The Balaban J connectivity index is 2.16. The molecule has 0 bridgehead atoms. The van der Waals surface area contributed by atoms with Gasteiger partial charge in [0.1, 0.15) is 23.9 Å². The quantitative estimate of drug-likeness (QED) is 0.0512. The van der Waals surface area contributed by atoms with E-state index >= 15 is 0 Å². The molecule has 3 amide bonds. The molecule has 0 aliphatic heterocycles. The Morgan fingerprint density at radius 2 is 1.52 bits per heavy atom. The van der Waals surface area contributed by atoms with Crippen LogP contribution < -0.4 is 33.2 Å². The molecule has 17 nitrogen and oxygen atoms in total. The summed E-state index contributed by atoms with van der Waals surface area (Å²) in [6, 6.07) is 0.498. The van der Waals surface area contributed by atoms with E-state index in [1.807, 2.05) is 0 Å². The Hall–Kier alpha value is -5.19. The molecule has 4 unspecified atom stereocenters.